The standard InChI is InChI=1S/C18H14N2O2S/c1-11-7-8-12(2)20(11)18-19-15(10-23-18)14-9-13-5-3-4-6-16(13)22-17(14)21/h3-10H,1-2H3. The van der Waals surface area contributed by atoms with E-state index >= 15 is 0 Å². The van der Waals surface area contributed by atoms with E-state index in [1.165, 1.54) is 11.3 Å². The first-order chi connectivity index (χ1) is 11.1. The monoisotopic (exact) mass is 322 g/mol. The largest absolute Gasteiger partial charge is 0.422 e. The molecule has 0 radical (unpaired) electrons. The van der Waals surface area contributed by atoms with Crippen LogP contribution in [0.2, 0.25) is 0 Å². The fraction of sp³-hybridized carbons (Fsp3) is 0.111. The van der Waals surface area contributed by atoms with Gasteiger partial charge in [-0.3, -0.25) is 4.57 Å². The number of thiazole rings is 1. The highest BCUT2D eigenvalue weighted by atomic mass is 32.1. The molecule has 0 aliphatic heterocycles. The van der Waals surface area contributed by atoms with Gasteiger partial charge in [0.05, 0.1) is 11.3 Å². The third-order valence-corrected chi connectivity index (χ3v) is 4.70. The second kappa shape index (κ2) is 5.21. The molecule has 4 aromatic rings. The van der Waals surface area contributed by atoms with E-state index in [9.17, 15) is 4.79 Å². The summed E-state index contributed by atoms with van der Waals surface area (Å²) in [5.41, 5.74) is 3.61. The lowest BCUT2D eigenvalue weighted by atomic mass is 10.1. The number of benzene rings is 1. The van der Waals surface area contributed by atoms with Gasteiger partial charge in [0.25, 0.3) is 0 Å². The van der Waals surface area contributed by atoms with Gasteiger partial charge in [-0.1, -0.05) is 18.2 Å². The van der Waals surface area contributed by atoms with E-state index in [1.54, 1.807) is 6.07 Å². The normalized spacial score (nSPS) is 11.2. The molecule has 5 heteroatoms. The molecule has 3 heterocycles. The number of hydrogen-bond acceptors (Lipinski definition) is 4. The van der Waals surface area contributed by atoms with Gasteiger partial charge in [-0.05, 0) is 38.1 Å². The highest BCUT2D eigenvalue weighted by Crippen LogP contribution is 2.26. The first kappa shape index (κ1) is 14.0. The Morgan fingerprint density at radius 1 is 1.09 bits per heavy atom. The van der Waals surface area contributed by atoms with E-state index in [0.717, 1.165) is 21.9 Å². The molecule has 23 heavy (non-hydrogen) atoms. The van der Waals surface area contributed by atoms with Gasteiger partial charge in [-0.15, -0.1) is 11.3 Å². The topological polar surface area (TPSA) is 48.0 Å². The van der Waals surface area contributed by atoms with Gasteiger partial charge in [0.2, 0.25) is 0 Å². The van der Waals surface area contributed by atoms with Crippen molar-refractivity contribution < 1.29 is 4.42 Å². The minimum absolute atomic E-state index is 0.360. The predicted molar refractivity (Wildman–Crippen MR) is 92.4 cm³/mol. The third kappa shape index (κ3) is 2.29. The molecule has 0 atom stereocenters. The maximum atomic E-state index is 12.3. The summed E-state index contributed by atoms with van der Waals surface area (Å²) in [6, 6.07) is 13.4. The molecule has 0 fully saturated rings. The number of hydrogen-bond donors (Lipinski definition) is 0. The van der Waals surface area contributed by atoms with Crippen molar-refractivity contribution in [2.75, 3.05) is 0 Å². The number of aromatic nitrogens is 2. The van der Waals surface area contributed by atoms with Crippen LogP contribution < -0.4 is 5.63 Å². The molecule has 3 aromatic heterocycles. The van der Waals surface area contributed by atoms with Crippen LogP contribution >= 0.6 is 11.3 Å². The zero-order valence-corrected chi connectivity index (χ0v) is 13.6. The Kier molecular flexibility index (Phi) is 3.16. The SMILES string of the molecule is Cc1ccc(C)n1-c1nc(-c2cc3ccccc3oc2=O)cs1. The Morgan fingerprint density at radius 3 is 2.61 bits per heavy atom. The van der Waals surface area contributed by atoms with E-state index in [1.807, 2.05) is 43.5 Å². The maximum absolute atomic E-state index is 12.3. The molecular formula is C18H14N2O2S. The molecule has 0 aliphatic carbocycles. The smallest absolute Gasteiger partial charge is 0.345 e. The van der Waals surface area contributed by atoms with E-state index in [-0.39, 0.29) is 5.63 Å². The van der Waals surface area contributed by atoms with Crippen LogP contribution in [0.4, 0.5) is 0 Å². The first-order valence-electron chi connectivity index (χ1n) is 7.27. The van der Waals surface area contributed by atoms with Crippen molar-refractivity contribution in [1.82, 2.24) is 9.55 Å². The average molecular weight is 322 g/mol. The van der Waals surface area contributed by atoms with Crippen LogP contribution in [-0.4, -0.2) is 9.55 Å². The van der Waals surface area contributed by atoms with Crippen molar-refractivity contribution in [3.8, 4) is 16.4 Å². The summed E-state index contributed by atoms with van der Waals surface area (Å²) < 4.78 is 7.48. The predicted octanol–water partition coefficient (Wildman–Crippen LogP) is 4.32. The Balaban J connectivity index is 1.86. The molecule has 0 aliphatic rings. The van der Waals surface area contributed by atoms with Crippen LogP contribution in [0.15, 0.2) is 57.1 Å². The Labute approximate surface area is 136 Å². The summed E-state index contributed by atoms with van der Waals surface area (Å²) in [7, 11) is 0. The molecule has 0 saturated heterocycles. The molecule has 0 unspecified atom stereocenters. The van der Waals surface area contributed by atoms with Crippen LogP contribution in [0.5, 0.6) is 0 Å². The summed E-state index contributed by atoms with van der Waals surface area (Å²) >= 11 is 1.52. The maximum Gasteiger partial charge on any atom is 0.345 e. The van der Waals surface area contributed by atoms with Crippen molar-refractivity contribution in [3.63, 3.8) is 0 Å². The molecule has 0 saturated carbocycles. The second-order valence-corrected chi connectivity index (χ2v) is 6.29. The zero-order chi connectivity index (χ0) is 16.0. The summed E-state index contributed by atoms with van der Waals surface area (Å²) in [5, 5.41) is 3.65. The van der Waals surface area contributed by atoms with Gasteiger partial charge in [-0.25, -0.2) is 9.78 Å². The molecule has 4 nitrogen and oxygen atoms in total. The van der Waals surface area contributed by atoms with Crippen molar-refractivity contribution in [2.24, 2.45) is 0 Å². The van der Waals surface area contributed by atoms with Crippen LogP contribution in [-0.2, 0) is 0 Å². The summed E-state index contributed by atoms with van der Waals surface area (Å²) in [4.78, 5) is 16.9. The lowest BCUT2D eigenvalue weighted by molar-refractivity contribution is 0.563. The van der Waals surface area contributed by atoms with E-state index in [4.69, 9.17) is 4.42 Å². The van der Waals surface area contributed by atoms with Crippen molar-refractivity contribution in [2.45, 2.75) is 13.8 Å². The number of para-hydroxylation sites is 1. The molecule has 4 rings (SSSR count). The molecular weight excluding hydrogens is 308 g/mol. The molecule has 114 valence electrons. The van der Waals surface area contributed by atoms with Gasteiger partial charge < -0.3 is 4.42 Å². The van der Waals surface area contributed by atoms with Crippen molar-refractivity contribution in [1.29, 1.82) is 0 Å². The minimum Gasteiger partial charge on any atom is -0.422 e. The number of fused-ring (bicyclic) bond motifs is 1. The lowest BCUT2D eigenvalue weighted by Crippen LogP contribution is -2.03. The van der Waals surface area contributed by atoms with Gasteiger partial charge in [0, 0.05) is 22.2 Å². The summed E-state index contributed by atoms with van der Waals surface area (Å²) in [6.07, 6.45) is 0. The van der Waals surface area contributed by atoms with Gasteiger partial charge in [0.1, 0.15) is 5.58 Å². The fourth-order valence-electron chi connectivity index (χ4n) is 2.70. The van der Waals surface area contributed by atoms with E-state index in [0.29, 0.717) is 16.8 Å². The number of nitrogens with zero attached hydrogens (tertiary/aromatic N) is 2. The van der Waals surface area contributed by atoms with Crippen LogP contribution in [0, 0.1) is 13.8 Å². The fourth-order valence-corrected chi connectivity index (χ4v) is 3.64. The summed E-state index contributed by atoms with van der Waals surface area (Å²) in [6.45, 7) is 4.08. The zero-order valence-electron chi connectivity index (χ0n) is 12.7. The van der Waals surface area contributed by atoms with E-state index < -0.39 is 0 Å². The quantitative estimate of drug-likeness (QED) is 0.516. The summed E-state index contributed by atoms with van der Waals surface area (Å²) in [5.74, 6) is 0. The number of aryl methyl sites for hydroxylation is 2. The second-order valence-electron chi connectivity index (χ2n) is 5.45. The van der Waals surface area contributed by atoms with Crippen LogP contribution in [0.1, 0.15) is 11.4 Å². The average Bonchev–Trinajstić information content (AvgIpc) is 3.13. The Bertz CT molecular complexity index is 1050. The minimum atomic E-state index is -0.360. The van der Waals surface area contributed by atoms with Crippen molar-refractivity contribution in [3.05, 3.63) is 69.7 Å². The molecule has 0 bridgehead atoms. The molecule has 0 N–H and O–H groups in total. The van der Waals surface area contributed by atoms with Crippen LogP contribution in [0.3, 0.4) is 0 Å². The highest BCUT2D eigenvalue weighted by molar-refractivity contribution is 7.12. The number of rotatable bonds is 2. The first-order valence-corrected chi connectivity index (χ1v) is 8.15. The molecule has 1 aromatic carbocycles. The van der Waals surface area contributed by atoms with E-state index in [2.05, 4.69) is 21.7 Å². The van der Waals surface area contributed by atoms with Gasteiger partial charge in [-0.2, -0.15) is 0 Å². The molecule has 0 amide bonds. The van der Waals surface area contributed by atoms with Gasteiger partial charge >= 0.3 is 5.63 Å². The highest BCUT2D eigenvalue weighted by Gasteiger charge is 2.13. The van der Waals surface area contributed by atoms with Gasteiger partial charge in [0.15, 0.2) is 5.13 Å². The Hall–Kier alpha value is -2.66. The third-order valence-electron chi connectivity index (χ3n) is 3.87. The van der Waals surface area contributed by atoms with Crippen LogP contribution in [0.25, 0.3) is 27.4 Å². The molecule has 0 spiro atoms. The van der Waals surface area contributed by atoms with Crippen molar-refractivity contribution >= 4 is 22.3 Å². The lowest BCUT2D eigenvalue weighted by Gasteiger charge is -2.04. The Morgan fingerprint density at radius 2 is 1.83 bits per heavy atom.